The third-order valence-corrected chi connectivity index (χ3v) is 2.93. The Morgan fingerprint density at radius 3 is 2.90 bits per heavy atom. The largest absolute Gasteiger partial charge is 0.393 e. The Balaban J connectivity index is 2.07. The fourth-order valence-corrected chi connectivity index (χ4v) is 1.80. The minimum absolute atomic E-state index is 0.0515. The van der Waals surface area contributed by atoms with E-state index in [1.807, 2.05) is 6.92 Å². The van der Waals surface area contributed by atoms with E-state index in [2.05, 4.69) is 15.5 Å². The SMILES string of the molecule is CCn1cnnc1CNC(=O)c1ccc([N+](=O)[O-])c(N)c1. The molecule has 0 saturated heterocycles. The molecule has 1 heterocycles. The van der Waals surface area contributed by atoms with Gasteiger partial charge in [0.05, 0.1) is 11.5 Å². The lowest BCUT2D eigenvalue weighted by Gasteiger charge is -2.06. The summed E-state index contributed by atoms with van der Waals surface area (Å²) < 4.78 is 1.80. The average molecular weight is 290 g/mol. The number of nitro benzene ring substituents is 1. The van der Waals surface area contributed by atoms with Crippen molar-refractivity contribution in [2.24, 2.45) is 0 Å². The maximum Gasteiger partial charge on any atom is 0.292 e. The number of aromatic nitrogens is 3. The molecule has 0 spiro atoms. The summed E-state index contributed by atoms with van der Waals surface area (Å²) in [6.45, 7) is 2.85. The number of nitrogens with one attached hydrogen (secondary N) is 1. The summed E-state index contributed by atoms with van der Waals surface area (Å²) in [4.78, 5) is 22.0. The Kier molecular flexibility index (Phi) is 4.12. The summed E-state index contributed by atoms with van der Waals surface area (Å²) in [5.74, 6) is 0.239. The Bertz CT molecular complexity index is 681. The van der Waals surface area contributed by atoms with Gasteiger partial charge in [0.2, 0.25) is 0 Å². The second-order valence-electron chi connectivity index (χ2n) is 4.25. The van der Waals surface area contributed by atoms with Gasteiger partial charge in [-0.2, -0.15) is 0 Å². The summed E-state index contributed by atoms with van der Waals surface area (Å²) in [6.07, 6.45) is 1.57. The molecule has 0 aliphatic heterocycles. The van der Waals surface area contributed by atoms with Crippen molar-refractivity contribution in [3.63, 3.8) is 0 Å². The smallest absolute Gasteiger partial charge is 0.292 e. The number of anilines is 1. The van der Waals surface area contributed by atoms with E-state index in [0.29, 0.717) is 12.4 Å². The van der Waals surface area contributed by atoms with Gasteiger partial charge in [-0.25, -0.2) is 0 Å². The van der Waals surface area contributed by atoms with Crippen molar-refractivity contribution in [3.05, 3.63) is 46.0 Å². The molecule has 9 heteroatoms. The standard InChI is InChI=1S/C12H14N6O3/c1-2-17-7-15-16-11(17)6-14-12(19)8-3-4-10(18(20)21)9(13)5-8/h3-5,7H,2,6,13H2,1H3,(H,14,19). The molecule has 2 rings (SSSR count). The molecule has 3 N–H and O–H groups in total. The quantitative estimate of drug-likeness (QED) is 0.474. The third-order valence-electron chi connectivity index (χ3n) is 2.93. The van der Waals surface area contributed by atoms with Gasteiger partial charge in [0, 0.05) is 18.2 Å². The van der Waals surface area contributed by atoms with Crippen LogP contribution in [0.15, 0.2) is 24.5 Å². The number of carbonyl (C=O) groups excluding carboxylic acids is 1. The summed E-state index contributed by atoms with van der Waals surface area (Å²) in [6, 6.07) is 3.84. The number of hydrogen-bond acceptors (Lipinski definition) is 6. The molecule has 0 fully saturated rings. The van der Waals surface area contributed by atoms with Gasteiger partial charge in [0.25, 0.3) is 11.6 Å². The monoisotopic (exact) mass is 290 g/mol. The highest BCUT2D eigenvalue weighted by molar-refractivity contribution is 5.95. The van der Waals surface area contributed by atoms with E-state index >= 15 is 0 Å². The highest BCUT2D eigenvalue weighted by Gasteiger charge is 2.15. The number of nitro groups is 1. The number of nitrogens with zero attached hydrogens (tertiary/aromatic N) is 4. The summed E-state index contributed by atoms with van der Waals surface area (Å²) >= 11 is 0. The van der Waals surface area contributed by atoms with E-state index in [4.69, 9.17) is 5.73 Å². The first-order valence-electron chi connectivity index (χ1n) is 6.21. The molecular weight excluding hydrogens is 276 g/mol. The summed E-state index contributed by atoms with van der Waals surface area (Å²) in [5, 5.41) is 21.0. The highest BCUT2D eigenvalue weighted by Crippen LogP contribution is 2.21. The number of amides is 1. The predicted molar refractivity (Wildman–Crippen MR) is 74.4 cm³/mol. The van der Waals surface area contributed by atoms with Crippen molar-refractivity contribution in [2.75, 3.05) is 5.73 Å². The Hall–Kier alpha value is -2.97. The van der Waals surface area contributed by atoms with E-state index in [9.17, 15) is 14.9 Å². The zero-order chi connectivity index (χ0) is 15.4. The van der Waals surface area contributed by atoms with Gasteiger partial charge in [0.1, 0.15) is 12.0 Å². The van der Waals surface area contributed by atoms with Gasteiger partial charge in [-0.15, -0.1) is 10.2 Å². The number of aryl methyl sites for hydroxylation is 1. The van der Waals surface area contributed by atoms with Crippen LogP contribution in [0.5, 0.6) is 0 Å². The Morgan fingerprint density at radius 1 is 1.52 bits per heavy atom. The van der Waals surface area contributed by atoms with Gasteiger partial charge in [-0.3, -0.25) is 14.9 Å². The maximum atomic E-state index is 12.0. The van der Waals surface area contributed by atoms with Crippen molar-refractivity contribution >= 4 is 17.3 Å². The number of rotatable bonds is 5. The number of nitrogen functional groups attached to an aromatic ring is 1. The van der Waals surface area contributed by atoms with Gasteiger partial charge < -0.3 is 15.6 Å². The molecule has 110 valence electrons. The fourth-order valence-electron chi connectivity index (χ4n) is 1.80. The number of nitrogens with two attached hydrogens (primary N) is 1. The van der Waals surface area contributed by atoms with Crippen LogP contribution < -0.4 is 11.1 Å². The maximum absolute atomic E-state index is 12.0. The molecule has 0 aliphatic rings. The van der Waals surface area contributed by atoms with Crippen molar-refractivity contribution in [1.82, 2.24) is 20.1 Å². The first-order chi connectivity index (χ1) is 10.0. The molecule has 2 aromatic rings. The van der Waals surface area contributed by atoms with E-state index in [1.165, 1.54) is 18.2 Å². The molecule has 1 amide bonds. The van der Waals surface area contributed by atoms with Crippen LogP contribution in [0.3, 0.4) is 0 Å². The van der Waals surface area contributed by atoms with Crippen LogP contribution >= 0.6 is 0 Å². The molecular formula is C12H14N6O3. The van der Waals surface area contributed by atoms with Crippen LogP contribution in [-0.4, -0.2) is 25.6 Å². The van der Waals surface area contributed by atoms with Crippen LogP contribution in [0.2, 0.25) is 0 Å². The summed E-state index contributed by atoms with van der Waals surface area (Å²) in [7, 11) is 0. The van der Waals surface area contributed by atoms with E-state index in [0.717, 1.165) is 0 Å². The van der Waals surface area contributed by atoms with E-state index in [1.54, 1.807) is 10.9 Å². The molecule has 0 unspecified atom stereocenters. The topological polar surface area (TPSA) is 129 Å². The normalized spacial score (nSPS) is 10.3. The fraction of sp³-hybridized carbons (Fsp3) is 0.250. The molecule has 9 nitrogen and oxygen atoms in total. The predicted octanol–water partition coefficient (Wildman–Crippen LogP) is 0.718. The lowest BCUT2D eigenvalue weighted by atomic mass is 10.1. The summed E-state index contributed by atoms with van der Waals surface area (Å²) in [5.41, 5.74) is 5.52. The second-order valence-corrected chi connectivity index (χ2v) is 4.25. The number of hydrogen-bond donors (Lipinski definition) is 2. The zero-order valence-electron chi connectivity index (χ0n) is 11.3. The lowest BCUT2D eigenvalue weighted by Crippen LogP contribution is -2.24. The van der Waals surface area contributed by atoms with Crippen molar-refractivity contribution in [2.45, 2.75) is 20.0 Å². The van der Waals surface area contributed by atoms with Gasteiger partial charge in [-0.1, -0.05) is 0 Å². The molecule has 1 aromatic heterocycles. The molecule has 1 aromatic carbocycles. The number of benzene rings is 1. The highest BCUT2D eigenvalue weighted by atomic mass is 16.6. The molecule has 21 heavy (non-hydrogen) atoms. The zero-order valence-corrected chi connectivity index (χ0v) is 11.3. The first-order valence-corrected chi connectivity index (χ1v) is 6.21. The van der Waals surface area contributed by atoms with Crippen LogP contribution in [0.1, 0.15) is 23.1 Å². The molecule has 0 bridgehead atoms. The lowest BCUT2D eigenvalue weighted by molar-refractivity contribution is -0.383. The minimum Gasteiger partial charge on any atom is -0.393 e. The van der Waals surface area contributed by atoms with Gasteiger partial charge in [-0.05, 0) is 19.1 Å². The van der Waals surface area contributed by atoms with Crippen LogP contribution in [0, 0.1) is 10.1 Å². The third kappa shape index (κ3) is 3.14. The first kappa shape index (κ1) is 14.4. The molecule has 0 atom stereocenters. The van der Waals surface area contributed by atoms with Gasteiger partial charge >= 0.3 is 0 Å². The minimum atomic E-state index is -0.596. The van der Waals surface area contributed by atoms with Crippen LogP contribution in [-0.2, 0) is 13.1 Å². The molecule has 0 aliphatic carbocycles. The van der Waals surface area contributed by atoms with Crippen LogP contribution in [0.25, 0.3) is 0 Å². The second kappa shape index (κ2) is 5.99. The van der Waals surface area contributed by atoms with Crippen molar-refractivity contribution in [1.29, 1.82) is 0 Å². The van der Waals surface area contributed by atoms with Gasteiger partial charge in [0.15, 0.2) is 5.82 Å². The van der Waals surface area contributed by atoms with E-state index < -0.39 is 4.92 Å². The van der Waals surface area contributed by atoms with Crippen molar-refractivity contribution in [3.8, 4) is 0 Å². The number of carbonyl (C=O) groups is 1. The van der Waals surface area contributed by atoms with Crippen molar-refractivity contribution < 1.29 is 9.72 Å². The Labute approximate surface area is 119 Å². The van der Waals surface area contributed by atoms with E-state index in [-0.39, 0.29) is 29.4 Å². The molecule has 0 radical (unpaired) electrons. The Morgan fingerprint density at radius 2 is 2.29 bits per heavy atom. The molecule has 0 saturated carbocycles. The average Bonchev–Trinajstić information content (AvgIpc) is 2.91. The van der Waals surface area contributed by atoms with Crippen LogP contribution in [0.4, 0.5) is 11.4 Å².